The number of fused-ring (bicyclic) bond motifs is 2. The fraction of sp³-hybridized carbons (Fsp3) is 0.312. The van der Waals surface area contributed by atoms with Crippen LogP contribution in [-0.2, 0) is 24.2 Å². The molecule has 1 atom stereocenters. The standard InChI is InChI=1S/C16H15N3O2S2.Na.H/c20-14(21)6-12-8-22-15(17-12)18-16-19-7-11-4-2-1-3-10(11)5-13(19)9-23-16;;/h1-4,8,13H,5-7,9H2,(H,20,21);;/q;+1;-1/t13-;;/m0../s1. The van der Waals surface area contributed by atoms with E-state index in [0.717, 1.165) is 23.9 Å². The molecule has 0 bridgehead atoms. The Kier molecular flexibility index (Phi) is 5.66. The van der Waals surface area contributed by atoms with Gasteiger partial charge in [0.25, 0.3) is 0 Å². The van der Waals surface area contributed by atoms with Crippen molar-refractivity contribution in [3.05, 3.63) is 46.5 Å². The summed E-state index contributed by atoms with van der Waals surface area (Å²) >= 11 is 3.16. The number of rotatable bonds is 3. The summed E-state index contributed by atoms with van der Waals surface area (Å²) in [6.07, 6.45) is 1.01. The third-order valence-electron chi connectivity index (χ3n) is 4.07. The molecular weight excluding hydrogens is 353 g/mol. The number of nitrogens with zero attached hydrogens (tertiary/aromatic N) is 3. The van der Waals surface area contributed by atoms with Gasteiger partial charge in [0, 0.05) is 23.7 Å². The van der Waals surface area contributed by atoms with E-state index in [1.807, 2.05) is 0 Å². The van der Waals surface area contributed by atoms with Crippen molar-refractivity contribution >= 4 is 39.4 Å². The minimum absolute atomic E-state index is 0. The SMILES string of the molecule is O=C(O)Cc1csc(N=C2SC[C@@H]3Cc4ccccc4CN23)n1.[H-].[Na+]. The van der Waals surface area contributed by atoms with Crippen LogP contribution in [0, 0.1) is 0 Å². The normalized spacial score (nSPS) is 20.4. The van der Waals surface area contributed by atoms with Crippen LogP contribution >= 0.6 is 23.1 Å². The number of thiazole rings is 1. The molecule has 5 nitrogen and oxygen atoms in total. The second-order valence-corrected chi connectivity index (χ2v) is 7.48. The number of thioether (sulfide) groups is 1. The van der Waals surface area contributed by atoms with Crippen molar-refractivity contribution < 1.29 is 40.9 Å². The number of carboxylic acid groups (broad SMARTS) is 1. The number of hydrogen-bond acceptors (Lipinski definition) is 5. The molecule has 0 saturated carbocycles. The Morgan fingerprint density at radius 3 is 3.00 bits per heavy atom. The zero-order valence-corrected chi connectivity index (χ0v) is 16.9. The van der Waals surface area contributed by atoms with Crippen LogP contribution in [0.15, 0.2) is 34.6 Å². The summed E-state index contributed by atoms with van der Waals surface area (Å²) in [5.41, 5.74) is 3.38. The van der Waals surface area contributed by atoms with Gasteiger partial charge < -0.3 is 11.4 Å². The summed E-state index contributed by atoms with van der Waals surface area (Å²) in [4.78, 5) is 22.1. The first-order chi connectivity index (χ1) is 11.2. The van der Waals surface area contributed by atoms with Crippen LogP contribution in [0.3, 0.4) is 0 Å². The molecule has 0 spiro atoms. The van der Waals surface area contributed by atoms with Gasteiger partial charge in [-0.25, -0.2) is 4.98 Å². The molecule has 1 aromatic carbocycles. The number of amidine groups is 1. The van der Waals surface area contributed by atoms with Gasteiger partial charge in [-0.05, 0) is 17.5 Å². The van der Waals surface area contributed by atoms with E-state index in [2.05, 4.69) is 39.1 Å². The molecule has 0 unspecified atom stereocenters. The predicted octanol–water partition coefficient (Wildman–Crippen LogP) is 0.0479. The fourth-order valence-electron chi connectivity index (χ4n) is 2.98. The van der Waals surface area contributed by atoms with Gasteiger partial charge in [-0.15, -0.1) is 11.3 Å². The zero-order valence-electron chi connectivity index (χ0n) is 14.3. The van der Waals surface area contributed by atoms with Gasteiger partial charge in [0.2, 0.25) is 5.13 Å². The van der Waals surface area contributed by atoms with Crippen molar-refractivity contribution in [1.82, 2.24) is 9.88 Å². The molecule has 24 heavy (non-hydrogen) atoms. The van der Waals surface area contributed by atoms with Gasteiger partial charge in [-0.1, -0.05) is 36.0 Å². The van der Waals surface area contributed by atoms with Crippen molar-refractivity contribution in [1.29, 1.82) is 0 Å². The van der Waals surface area contributed by atoms with Crippen LogP contribution in [0.5, 0.6) is 0 Å². The predicted molar refractivity (Wildman–Crippen MR) is 93.6 cm³/mol. The Bertz CT molecular complexity index is 799. The quantitative estimate of drug-likeness (QED) is 0.775. The van der Waals surface area contributed by atoms with Crippen LogP contribution in [0.4, 0.5) is 5.13 Å². The first kappa shape index (κ1) is 17.9. The third kappa shape index (κ3) is 3.70. The van der Waals surface area contributed by atoms with E-state index in [-0.39, 0.29) is 37.4 Å². The van der Waals surface area contributed by atoms with E-state index >= 15 is 0 Å². The number of carboxylic acids is 1. The number of aliphatic carboxylic acids is 1. The molecule has 0 amide bonds. The third-order valence-corrected chi connectivity index (χ3v) is 5.99. The summed E-state index contributed by atoms with van der Waals surface area (Å²) in [6.45, 7) is 0.889. The van der Waals surface area contributed by atoms with Crippen LogP contribution in [0.2, 0.25) is 0 Å². The van der Waals surface area contributed by atoms with Gasteiger partial charge in [-0.2, -0.15) is 4.99 Å². The average molecular weight is 369 g/mol. The van der Waals surface area contributed by atoms with Crippen LogP contribution in [0.25, 0.3) is 0 Å². The van der Waals surface area contributed by atoms with Crippen molar-refractivity contribution in [2.24, 2.45) is 4.99 Å². The zero-order chi connectivity index (χ0) is 15.8. The van der Waals surface area contributed by atoms with Crippen molar-refractivity contribution in [2.45, 2.75) is 25.4 Å². The smallest absolute Gasteiger partial charge is 1.00 e. The van der Waals surface area contributed by atoms with Crippen LogP contribution in [0.1, 0.15) is 18.2 Å². The topological polar surface area (TPSA) is 65.8 Å². The molecule has 4 rings (SSSR count). The van der Waals surface area contributed by atoms with E-state index in [1.54, 1.807) is 17.1 Å². The van der Waals surface area contributed by atoms with Crippen molar-refractivity contribution in [2.75, 3.05) is 5.75 Å². The summed E-state index contributed by atoms with van der Waals surface area (Å²) in [5.74, 6) is 0.179. The van der Waals surface area contributed by atoms with Gasteiger partial charge >= 0.3 is 35.5 Å². The molecule has 1 fully saturated rings. The molecule has 1 saturated heterocycles. The monoisotopic (exact) mass is 369 g/mol. The number of benzene rings is 1. The fourth-order valence-corrected chi connectivity index (χ4v) is 4.89. The molecule has 2 aliphatic rings. The van der Waals surface area contributed by atoms with E-state index in [0.29, 0.717) is 16.9 Å². The Labute approximate surface area is 172 Å². The summed E-state index contributed by atoms with van der Waals surface area (Å²) in [5, 5.41) is 12.2. The molecule has 3 heterocycles. The van der Waals surface area contributed by atoms with Crippen LogP contribution < -0.4 is 29.6 Å². The molecular formula is C16H16N3NaO2S2. The maximum Gasteiger partial charge on any atom is 1.00 e. The molecule has 120 valence electrons. The molecule has 2 aromatic rings. The van der Waals surface area contributed by atoms with E-state index < -0.39 is 5.97 Å². The maximum atomic E-state index is 10.7. The first-order valence-electron chi connectivity index (χ1n) is 7.40. The Morgan fingerprint density at radius 1 is 1.42 bits per heavy atom. The van der Waals surface area contributed by atoms with Gasteiger partial charge in [0.15, 0.2) is 5.17 Å². The van der Waals surface area contributed by atoms with Crippen LogP contribution in [-0.4, -0.2) is 37.9 Å². The number of carbonyl (C=O) groups is 1. The largest absolute Gasteiger partial charge is 1.00 e. The average Bonchev–Trinajstić information content (AvgIpc) is 3.12. The second-order valence-electron chi connectivity index (χ2n) is 5.65. The Hall–Kier alpha value is -0.860. The van der Waals surface area contributed by atoms with Gasteiger partial charge in [-0.3, -0.25) is 4.79 Å². The summed E-state index contributed by atoms with van der Waals surface area (Å²) < 4.78 is 0. The van der Waals surface area contributed by atoms with E-state index in [9.17, 15) is 4.79 Å². The number of aliphatic imine (C=N–C) groups is 1. The van der Waals surface area contributed by atoms with Crippen molar-refractivity contribution in [3.63, 3.8) is 0 Å². The molecule has 0 aliphatic carbocycles. The second kappa shape index (κ2) is 7.58. The van der Waals surface area contributed by atoms with E-state index in [4.69, 9.17) is 5.11 Å². The summed E-state index contributed by atoms with van der Waals surface area (Å²) in [6, 6.07) is 9.07. The molecule has 1 N–H and O–H groups in total. The maximum absolute atomic E-state index is 10.7. The molecule has 8 heteroatoms. The molecule has 2 aliphatic heterocycles. The minimum Gasteiger partial charge on any atom is -1.00 e. The van der Waals surface area contributed by atoms with Crippen molar-refractivity contribution in [3.8, 4) is 0 Å². The summed E-state index contributed by atoms with van der Waals surface area (Å²) in [7, 11) is 0. The van der Waals surface area contributed by atoms with Gasteiger partial charge in [0.05, 0.1) is 12.1 Å². The molecule has 1 aromatic heterocycles. The Morgan fingerprint density at radius 2 is 2.21 bits per heavy atom. The molecule has 0 radical (unpaired) electrons. The van der Waals surface area contributed by atoms with Gasteiger partial charge in [0.1, 0.15) is 0 Å². The minimum atomic E-state index is -0.863. The Balaban J connectivity index is 0.00000113. The number of aromatic nitrogens is 1. The first-order valence-corrected chi connectivity index (χ1v) is 9.26. The van der Waals surface area contributed by atoms with E-state index in [1.165, 1.54) is 22.5 Å². The number of hydrogen-bond donors (Lipinski definition) is 1.